The molecule has 2 atom stereocenters. The highest BCUT2D eigenvalue weighted by atomic mass is 16.2. The number of fused-ring (bicyclic) bond motifs is 3. The molecule has 2 aliphatic heterocycles. The second kappa shape index (κ2) is 4.15. The van der Waals surface area contributed by atoms with E-state index in [0.717, 1.165) is 19.4 Å². The van der Waals surface area contributed by atoms with E-state index in [1.807, 2.05) is 11.0 Å². The molecule has 0 unspecified atom stereocenters. The molecule has 17 heavy (non-hydrogen) atoms. The fourth-order valence-electron chi connectivity index (χ4n) is 3.10. The van der Waals surface area contributed by atoms with Crippen LogP contribution in [-0.2, 0) is 11.2 Å². The fraction of sp³-hybridized carbons (Fsp3) is 0.500. The van der Waals surface area contributed by atoms with Gasteiger partial charge in [0, 0.05) is 6.54 Å². The molecule has 3 nitrogen and oxygen atoms in total. The Labute approximate surface area is 102 Å². The van der Waals surface area contributed by atoms with E-state index in [1.54, 1.807) is 0 Å². The van der Waals surface area contributed by atoms with Gasteiger partial charge in [-0.25, -0.2) is 0 Å². The largest absolute Gasteiger partial charge is 0.334 e. The van der Waals surface area contributed by atoms with Crippen molar-refractivity contribution in [3.05, 3.63) is 35.4 Å². The Morgan fingerprint density at radius 2 is 2.06 bits per heavy atom. The predicted molar refractivity (Wildman–Crippen MR) is 66.4 cm³/mol. The van der Waals surface area contributed by atoms with Crippen molar-refractivity contribution in [1.82, 2.24) is 4.90 Å². The van der Waals surface area contributed by atoms with E-state index in [-0.39, 0.29) is 18.0 Å². The molecule has 2 heterocycles. The highest BCUT2D eigenvalue weighted by Crippen LogP contribution is 2.35. The zero-order valence-corrected chi connectivity index (χ0v) is 9.93. The van der Waals surface area contributed by atoms with Gasteiger partial charge in [0.25, 0.3) is 0 Å². The Kier molecular flexibility index (Phi) is 2.63. The zero-order chi connectivity index (χ0) is 11.8. The molecule has 2 aliphatic rings. The van der Waals surface area contributed by atoms with E-state index in [9.17, 15) is 4.79 Å². The lowest BCUT2D eigenvalue weighted by Crippen LogP contribution is -2.46. The molecule has 1 aromatic carbocycles. The van der Waals surface area contributed by atoms with Gasteiger partial charge in [-0.3, -0.25) is 4.79 Å². The van der Waals surface area contributed by atoms with Gasteiger partial charge in [-0.2, -0.15) is 0 Å². The van der Waals surface area contributed by atoms with E-state index in [2.05, 4.69) is 18.2 Å². The second-order valence-electron chi connectivity index (χ2n) is 5.05. The van der Waals surface area contributed by atoms with E-state index < -0.39 is 0 Å². The van der Waals surface area contributed by atoms with E-state index >= 15 is 0 Å². The van der Waals surface area contributed by atoms with Crippen LogP contribution < -0.4 is 5.73 Å². The van der Waals surface area contributed by atoms with Crippen LogP contribution in [0.25, 0.3) is 0 Å². The molecule has 0 radical (unpaired) electrons. The summed E-state index contributed by atoms with van der Waals surface area (Å²) >= 11 is 0. The monoisotopic (exact) mass is 230 g/mol. The smallest absolute Gasteiger partial charge is 0.240 e. The van der Waals surface area contributed by atoms with Crippen LogP contribution in [0.5, 0.6) is 0 Å². The normalized spacial score (nSPS) is 28.3. The lowest BCUT2D eigenvalue weighted by atomic mass is 9.92. The van der Waals surface area contributed by atoms with Gasteiger partial charge in [0.15, 0.2) is 0 Å². The SMILES string of the molecule is N[C@H]1Cc2ccccc2[C@H]2CCCCN2C1=O. The summed E-state index contributed by atoms with van der Waals surface area (Å²) in [5, 5.41) is 0. The molecule has 0 spiro atoms. The maximum atomic E-state index is 12.2. The van der Waals surface area contributed by atoms with Crippen LogP contribution in [0.1, 0.15) is 36.4 Å². The molecule has 0 aromatic heterocycles. The molecule has 3 rings (SSSR count). The molecule has 3 heteroatoms. The topological polar surface area (TPSA) is 46.3 Å². The van der Waals surface area contributed by atoms with Crippen molar-refractivity contribution in [1.29, 1.82) is 0 Å². The summed E-state index contributed by atoms with van der Waals surface area (Å²) in [6, 6.07) is 8.27. The molecule has 0 aliphatic carbocycles. The summed E-state index contributed by atoms with van der Waals surface area (Å²) in [7, 11) is 0. The minimum absolute atomic E-state index is 0.130. The first-order valence-corrected chi connectivity index (χ1v) is 6.41. The predicted octanol–water partition coefficient (Wildman–Crippen LogP) is 1.62. The number of rotatable bonds is 0. The first kappa shape index (κ1) is 10.8. The average Bonchev–Trinajstić information content (AvgIpc) is 2.48. The number of nitrogens with zero attached hydrogens (tertiary/aromatic N) is 1. The lowest BCUT2D eigenvalue weighted by Gasteiger charge is -2.35. The molecule has 0 bridgehead atoms. The van der Waals surface area contributed by atoms with Crippen molar-refractivity contribution in [2.24, 2.45) is 5.73 Å². The van der Waals surface area contributed by atoms with Crippen molar-refractivity contribution < 1.29 is 4.79 Å². The van der Waals surface area contributed by atoms with Crippen molar-refractivity contribution in [3.63, 3.8) is 0 Å². The molecule has 2 N–H and O–H groups in total. The lowest BCUT2D eigenvalue weighted by molar-refractivity contribution is -0.136. The molecule has 90 valence electrons. The number of carbonyl (C=O) groups excluding carboxylic acids is 1. The Morgan fingerprint density at radius 1 is 1.24 bits per heavy atom. The molecular weight excluding hydrogens is 212 g/mol. The highest BCUT2D eigenvalue weighted by Gasteiger charge is 2.35. The fourth-order valence-corrected chi connectivity index (χ4v) is 3.10. The summed E-state index contributed by atoms with van der Waals surface area (Å²) in [6.45, 7) is 0.867. The second-order valence-corrected chi connectivity index (χ2v) is 5.05. The minimum Gasteiger partial charge on any atom is -0.334 e. The number of hydrogen-bond acceptors (Lipinski definition) is 2. The number of benzene rings is 1. The molecule has 1 saturated heterocycles. The number of amides is 1. The third-order valence-electron chi connectivity index (χ3n) is 3.96. The highest BCUT2D eigenvalue weighted by molar-refractivity contribution is 5.83. The van der Waals surface area contributed by atoms with Crippen LogP contribution in [0, 0.1) is 0 Å². The van der Waals surface area contributed by atoms with Crippen LogP contribution in [0.2, 0.25) is 0 Å². The molecule has 0 saturated carbocycles. The number of hydrogen-bond donors (Lipinski definition) is 1. The van der Waals surface area contributed by atoms with Gasteiger partial charge in [0.1, 0.15) is 0 Å². The van der Waals surface area contributed by atoms with Gasteiger partial charge >= 0.3 is 0 Å². The third-order valence-corrected chi connectivity index (χ3v) is 3.96. The van der Waals surface area contributed by atoms with Gasteiger partial charge in [0.05, 0.1) is 12.1 Å². The maximum absolute atomic E-state index is 12.2. The number of piperidine rings is 1. The maximum Gasteiger partial charge on any atom is 0.240 e. The van der Waals surface area contributed by atoms with Gasteiger partial charge in [-0.15, -0.1) is 0 Å². The van der Waals surface area contributed by atoms with Crippen molar-refractivity contribution in [3.8, 4) is 0 Å². The van der Waals surface area contributed by atoms with Crippen LogP contribution >= 0.6 is 0 Å². The van der Waals surface area contributed by atoms with Gasteiger partial charge in [0.2, 0.25) is 5.91 Å². The first-order valence-electron chi connectivity index (χ1n) is 6.41. The summed E-state index contributed by atoms with van der Waals surface area (Å²) in [4.78, 5) is 14.2. The Bertz CT molecular complexity index is 444. The van der Waals surface area contributed by atoms with Gasteiger partial charge in [-0.1, -0.05) is 24.3 Å². The Balaban J connectivity index is 2.07. The summed E-state index contributed by atoms with van der Waals surface area (Å²) in [6.07, 6.45) is 4.08. The van der Waals surface area contributed by atoms with Crippen LogP contribution in [0.4, 0.5) is 0 Å². The number of nitrogens with two attached hydrogens (primary N) is 1. The number of carbonyl (C=O) groups is 1. The standard InChI is InChI=1S/C14H18N2O/c15-12-9-10-5-1-2-6-11(10)13-7-3-4-8-16(13)14(12)17/h1-2,5-6,12-13H,3-4,7-9,15H2/t12-,13+/m0/s1. The quantitative estimate of drug-likeness (QED) is 0.736. The molecular formula is C14H18N2O. The van der Waals surface area contributed by atoms with Crippen LogP contribution in [0.15, 0.2) is 24.3 Å². The average molecular weight is 230 g/mol. The third kappa shape index (κ3) is 1.75. The van der Waals surface area contributed by atoms with Crippen LogP contribution in [0.3, 0.4) is 0 Å². The first-order chi connectivity index (χ1) is 8.27. The van der Waals surface area contributed by atoms with Gasteiger partial charge < -0.3 is 10.6 Å². The molecule has 1 fully saturated rings. The minimum atomic E-state index is -0.362. The molecule has 1 amide bonds. The van der Waals surface area contributed by atoms with Crippen molar-refractivity contribution >= 4 is 5.91 Å². The van der Waals surface area contributed by atoms with Gasteiger partial charge in [-0.05, 0) is 36.8 Å². The summed E-state index contributed by atoms with van der Waals surface area (Å²) in [5.74, 6) is 0.130. The van der Waals surface area contributed by atoms with E-state index in [4.69, 9.17) is 5.73 Å². The van der Waals surface area contributed by atoms with Crippen molar-refractivity contribution in [2.45, 2.75) is 37.8 Å². The van der Waals surface area contributed by atoms with E-state index in [0.29, 0.717) is 6.42 Å². The zero-order valence-electron chi connectivity index (χ0n) is 9.93. The van der Waals surface area contributed by atoms with E-state index in [1.165, 1.54) is 17.5 Å². The van der Waals surface area contributed by atoms with Crippen molar-refractivity contribution in [2.75, 3.05) is 6.54 Å². The Hall–Kier alpha value is -1.35. The summed E-state index contributed by atoms with van der Waals surface area (Å²) in [5.41, 5.74) is 8.57. The Morgan fingerprint density at radius 3 is 2.94 bits per heavy atom. The summed E-state index contributed by atoms with van der Waals surface area (Å²) < 4.78 is 0. The molecule has 1 aromatic rings. The van der Waals surface area contributed by atoms with Crippen LogP contribution in [-0.4, -0.2) is 23.4 Å².